The number of hydrogen-bond donors (Lipinski definition) is 25. The largest absolute Gasteiger partial charge is 0.480 e. The molecular weight excluding hydrogens is 941 g/mol. The zero-order chi connectivity index (χ0) is 53.5. The highest BCUT2D eigenvalue weighted by molar-refractivity contribution is 5.98. The van der Waals surface area contributed by atoms with Crippen molar-refractivity contribution < 1.29 is 78.9 Å². The van der Waals surface area contributed by atoms with Crippen LogP contribution >= 0.6 is 0 Å². The highest BCUT2D eigenvalue weighted by Gasteiger charge is 2.34. The lowest BCUT2D eigenvalue weighted by Gasteiger charge is -2.26. The van der Waals surface area contributed by atoms with Gasteiger partial charge in [-0.15, -0.1) is 0 Å². The molecule has 0 aliphatic carbocycles. The van der Waals surface area contributed by atoms with Crippen LogP contribution in [0.5, 0.6) is 0 Å². The number of hydrogen-bond acceptors (Lipinski definition) is 19. The van der Waals surface area contributed by atoms with E-state index in [0.717, 1.165) is 0 Å². The fourth-order valence-corrected chi connectivity index (χ4v) is 5.62. The number of aliphatic hydroxyl groups is 6. The summed E-state index contributed by atoms with van der Waals surface area (Å²) in [5.74, 6) is -12.2. The predicted octanol–water partition coefficient (Wildman–Crippen LogP) is -13.0. The third-order valence-corrected chi connectivity index (χ3v) is 9.45. The van der Waals surface area contributed by atoms with Crippen LogP contribution in [0.4, 0.5) is 0 Å². The van der Waals surface area contributed by atoms with Crippen LogP contribution in [-0.4, -0.2) is 221 Å². The lowest BCUT2D eigenvalue weighted by molar-refractivity contribution is -0.143. The van der Waals surface area contributed by atoms with Crippen LogP contribution in [0.3, 0.4) is 0 Å². The number of carbonyl (C=O) groups is 9. The number of aliphatic carboxylic acids is 1. The van der Waals surface area contributed by atoms with Crippen molar-refractivity contribution in [3.63, 3.8) is 0 Å². The van der Waals surface area contributed by atoms with Gasteiger partial charge in [0.05, 0.1) is 39.6 Å². The number of aliphatic hydroxyl groups excluding tert-OH is 6. The molecule has 0 bridgehead atoms. The molecule has 398 valence electrons. The van der Waals surface area contributed by atoms with E-state index >= 15 is 0 Å². The summed E-state index contributed by atoms with van der Waals surface area (Å²) in [6.45, 7) is -6.30. The minimum Gasteiger partial charge on any atom is -0.480 e. The third-order valence-electron chi connectivity index (χ3n) is 9.45. The molecule has 0 saturated heterocycles. The van der Waals surface area contributed by atoms with Gasteiger partial charge in [-0.25, -0.2) is 4.79 Å². The minimum atomic E-state index is -1.95. The second-order valence-electron chi connectivity index (χ2n) is 15.0. The summed E-state index contributed by atoms with van der Waals surface area (Å²) < 4.78 is 0. The fourth-order valence-electron chi connectivity index (χ4n) is 5.62. The van der Waals surface area contributed by atoms with E-state index in [0.29, 0.717) is 0 Å². The second kappa shape index (κ2) is 34.1. The van der Waals surface area contributed by atoms with Crippen molar-refractivity contribution in [1.29, 1.82) is 16.2 Å². The Morgan fingerprint density at radius 2 is 0.571 bits per heavy atom. The lowest BCUT2D eigenvalue weighted by atomic mass is 10.1. The van der Waals surface area contributed by atoms with Crippen LogP contribution in [0.25, 0.3) is 0 Å². The second-order valence-corrected chi connectivity index (χ2v) is 15.0. The Bertz CT molecular complexity index is 1800. The van der Waals surface area contributed by atoms with Crippen molar-refractivity contribution in [3.05, 3.63) is 0 Å². The summed E-state index contributed by atoms with van der Waals surface area (Å²) in [7, 11) is 0. The molecule has 0 aliphatic heterocycles. The summed E-state index contributed by atoms with van der Waals surface area (Å²) in [6, 6.07) is -15.4. The quantitative estimate of drug-likeness (QED) is 0.0159. The number of guanidine groups is 3. The summed E-state index contributed by atoms with van der Waals surface area (Å²) in [5.41, 5.74) is 21.2. The maximum Gasteiger partial charge on any atom is 0.326 e. The first-order chi connectivity index (χ1) is 33.0. The topological polar surface area (TPSA) is 603 Å². The summed E-state index contributed by atoms with van der Waals surface area (Å²) >= 11 is 0. The Hall–Kier alpha value is -7.24. The molecule has 0 heterocycles. The van der Waals surface area contributed by atoms with E-state index in [2.05, 4.69) is 47.9 Å². The third kappa shape index (κ3) is 24.7. The van der Waals surface area contributed by atoms with Gasteiger partial charge in [0.15, 0.2) is 17.9 Å². The molecule has 0 radical (unpaired) electrons. The minimum absolute atomic E-state index is 0.00101. The maximum absolute atomic E-state index is 13.4. The van der Waals surface area contributed by atoms with Crippen molar-refractivity contribution in [2.24, 2.45) is 22.9 Å². The van der Waals surface area contributed by atoms with Crippen LogP contribution in [0.15, 0.2) is 0 Å². The van der Waals surface area contributed by atoms with E-state index in [1.54, 1.807) is 0 Å². The maximum atomic E-state index is 13.4. The van der Waals surface area contributed by atoms with Gasteiger partial charge in [-0.2, -0.15) is 0 Å². The van der Waals surface area contributed by atoms with Crippen LogP contribution < -0.4 is 81.4 Å². The van der Waals surface area contributed by atoms with Gasteiger partial charge in [0.25, 0.3) is 0 Å². The predicted molar refractivity (Wildman–Crippen MR) is 241 cm³/mol. The molecule has 0 aromatic carbocycles. The number of carboxylic acids is 1. The Kier molecular flexibility index (Phi) is 30.6. The number of carboxylic acid groups (broad SMARTS) is 1. The fraction of sp³-hybridized carbons (Fsp3) is 0.667. The Morgan fingerprint density at radius 1 is 0.357 bits per heavy atom. The van der Waals surface area contributed by atoms with E-state index < -0.39 is 159 Å². The van der Waals surface area contributed by atoms with Gasteiger partial charge in [0.2, 0.25) is 47.3 Å². The molecule has 0 aromatic rings. The Labute approximate surface area is 399 Å². The number of carbonyl (C=O) groups excluding carboxylic acids is 8. The van der Waals surface area contributed by atoms with Crippen molar-refractivity contribution >= 4 is 71.1 Å². The van der Waals surface area contributed by atoms with E-state index in [1.165, 1.54) is 0 Å². The molecule has 0 saturated carbocycles. The van der Waals surface area contributed by atoms with Gasteiger partial charge in [-0.3, -0.25) is 54.6 Å². The SMILES string of the molecule is N=C(N)NCCC[C@H](NC(=O)[C@H](CO)NC(=O)[C@H](CCCNC(=N)N)NC(=O)[C@H](CO)NC(=O)[C@H](CO)NC(=O)[C@H](CO)NC(=O)[C@H](CCCNC(=N)N)NC(=O)[C@H](CO)NC(=O)[C@@H](N)CO)C(=O)O. The monoisotopic (exact) mass is 1010 g/mol. The van der Waals surface area contributed by atoms with Crippen LogP contribution in [0, 0.1) is 16.2 Å². The Morgan fingerprint density at radius 3 is 0.800 bits per heavy atom. The van der Waals surface area contributed by atoms with Crippen LogP contribution in [-0.2, 0) is 43.2 Å². The normalized spacial score (nSPS) is 14.6. The smallest absolute Gasteiger partial charge is 0.326 e. The lowest BCUT2D eigenvalue weighted by Crippen LogP contribution is -2.62. The molecular formula is C36H68N18O16. The number of rotatable bonds is 35. The molecule has 34 nitrogen and oxygen atoms in total. The highest BCUT2D eigenvalue weighted by Crippen LogP contribution is 2.04. The molecule has 9 atom stereocenters. The van der Waals surface area contributed by atoms with Crippen LogP contribution in [0.2, 0.25) is 0 Å². The van der Waals surface area contributed by atoms with Crippen molar-refractivity contribution in [3.8, 4) is 0 Å². The highest BCUT2D eigenvalue weighted by atomic mass is 16.4. The summed E-state index contributed by atoms with van der Waals surface area (Å²) in [5, 5.41) is 115. The summed E-state index contributed by atoms with van der Waals surface area (Å²) in [4.78, 5) is 117. The number of nitrogens with one attached hydrogen (secondary N) is 14. The molecule has 0 rings (SSSR count). The van der Waals surface area contributed by atoms with Gasteiger partial charge < -0.3 is 117 Å². The molecule has 0 aromatic heterocycles. The number of amides is 8. The van der Waals surface area contributed by atoms with E-state index in [-0.39, 0.29) is 64.1 Å². The summed E-state index contributed by atoms with van der Waals surface area (Å²) in [6.07, 6.45) is -0.500. The zero-order valence-electron chi connectivity index (χ0n) is 37.9. The van der Waals surface area contributed by atoms with Gasteiger partial charge in [-0.1, -0.05) is 0 Å². The van der Waals surface area contributed by atoms with E-state index in [4.69, 9.17) is 44.3 Å². The molecule has 0 aliphatic rings. The van der Waals surface area contributed by atoms with Gasteiger partial charge in [0, 0.05) is 19.6 Å². The molecule has 0 fully saturated rings. The first kappa shape index (κ1) is 62.8. The first-order valence-corrected chi connectivity index (χ1v) is 21.3. The van der Waals surface area contributed by atoms with Gasteiger partial charge in [0.1, 0.15) is 54.4 Å². The molecule has 0 unspecified atom stereocenters. The zero-order valence-corrected chi connectivity index (χ0v) is 37.9. The van der Waals surface area contributed by atoms with Crippen molar-refractivity contribution in [2.45, 2.75) is 92.9 Å². The average molecular weight is 1010 g/mol. The van der Waals surface area contributed by atoms with E-state index in [9.17, 15) is 73.8 Å². The Balaban J connectivity index is 6.10. The van der Waals surface area contributed by atoms with Crippen molar-refractivity contribution in [2.75, 3.05) is 59.3 Å². The molecule has 8 amide bonds. The molecule has 0 spiro atoms. The van der Waals surface area contributed by atoms with Gasteiger partial charge >= 0.3 is 5.97 Å². The molecule has 70 heavy (non-hydrogen) atoms. The molecule has 34 heteroatoms. The number of nitrogens with two attached hydrogens (primary N) is 4. The molecule has 29 N–H and O–H groups in total. The first-order valence-electron chi connectivity index (χ1n) is 21.3. The van der Waals surface area contributed by atoms with Crippen molar-refractivity contribution in [1.82, 2.24) is 58.5 Å². The van der Waals surface area contributed by atoms with E-state index in [1.807, 2.05) is 10.6 Å². The van der Waals surface area contributed by atoms with Crippen LogP contribution in [0.1, 0.15) is 38.5 Å². The van der Waals surface area contributed by atoms with Gasteiger partial charge in [-0.05, 0) is 38.5 Å². The standard InChI is InChI=1S/C36H68N18O16/c37-16(10-55)25(61)50-20(11-56)28(64)47-17(4-1-7-44-34(38)39)27(63)52-23(14-59)31(67)54-24(15-60)32(68)53-21(12-57)29(65)48-18(5-2-8-45-35(40)41)26(62)51-22(13-58)30(66)49-19(33(69)70)6-3-9-46-36(42)43/h16-24,55-60H,1-15,37H2,(H,47,64)(H,48,65)(H,49,66)(H,50,61)(H,51,62)(H,52,63)(H,53,68)(H,54,67)(H,69,70)(H4,38,39,44)(H4,40,41,45)(H4,42,43,46)/t16-,17-,18-,19-,20-,21-,22-,23-,24-/m0/s1. The average Bonchev–Trinajstić information content (AvgIpc) is 3.31.